The van der Waals surface area contributed by atoms with Crippen molar-refractivity contribution >= 4 is 12.8 Å². The van der Waals surface area contributed by atoms with Crippen LogP contribution in [0.15, 0.2) is 60.6 Å². The van der Waals surface area contributed by atoms with Crippen LogP contribution in [0.3, 0.4) is 0 Å². The first kappa shape index (κ1) is 34.4. The first-order valence-corrected chi connectivity index (χ1v) is 17.1. The number of rotatable bonds is 17. The SMILES string of the molecule is C=C(CCCC(c1c(C)cc(CC)cc1C)C1CC=CN1CCNS)N(C)CCC1CCN(C(/C=C\C)=C/CC)CC1. The molecule has 3 rings (SSSR count). The Balaban J connectivity index is 1.55. The molecule has 4 nitrogen and oxygen atoms in total. The smallest absolute Gasteiger partial charge is 0.0388 e. The molecule has 2 aliphatic heterocycles. The van der Waals surface area contributed by atoms with Crippen molar-refractivity contribution in [2.45, 2.75) is 104 Å². The number of thiol groups is 1. The second-order valence-corrected chi connectivity index (χ2v) is 12.9. The number of allylic oxidation sites excluding steroid dienone is 4. The topological polar surface area (TPSA) is 21.8 Å². The maximum atomic E-state index is 4.54. The molecule has 1 aromatic rings. The van der Waals surface area contributed by atoms with Crippen LogP contribution >= 0.6 is 12.8 Å². The van der Waals surface area contributed by atoms with Gasteiger partial charge in [0.05, 0.1) is 0 Å². The van der Waals surface area contributed by atoms with Crippen LogP contribution in [0, 0.1) is 19.8 Å². The lowest BCUT2D eigenvalue weighted by Crippen LogP contribution is -2.36. The zero-order valence-corrected chi connectivity index (χ0v) is 28.6. The highest BCUT2D eigenvalue weighted by Gasteiger charge is 2.31. The van der Waals surface area contributed by atoms with Gasteiger partial charge >= 0.3 is 0 Å². The fourth-order valence-corrected chi connectivity index (χ4v) is 7.29. The van der Waals surface area contributed by atoms with Crippen molar-refractivity contribution in [3.63, 3.8) is 0 Å². The minimum atomic E-state index is 0.508. The minimum Gasteiger partial charge on any atom is -0.378 e. The molecule has 0 amide bonds. The molecule has 0 radical (unpaired) electrons. The maximum absolute atomic E-state index is 4.54. The van der Waals surface area contributed by atoms with Crippen molar-refractivity contribution in [1.82, 2.24) is 19.4 Å². The number of piperidine rings is 1. The summed E-state index contributed by atoms with van der Waals surface area (Å²) in [5, 5.41) is 0. The van der Waals surface area contributed by atoms with Gasteiger partial charge in [-0.1, -0.05) is 63.6 Å². The van der Waals surface area contributed by atoms with E-state index < -0.39 is 0 Å². The molecule has 5 heteroatoms. The third-order valence-corrected chi connectivity index (χ3v) is 9.83. The second kappa shape index (κ2) is 17.9. The number of aryl methyl sites for hydroxylation is 3. The van der Waals surface area contributed by atoms with Gasteiger partial charge in [-0.2, -0.15) is 0 Å². The molecule has 234 valence electrons. The molecule has 1 aromatic carbocycles. The van der Waals surface area contributed by atoms with Gasteiger partial charge in [-0.15, -0.1) is 0 Å². The summed E-state index contributed by atoms with van der Waals surface area (Å²) in [4.78, 5) is 7.57. The normalized spacial score (nSPS) is 18.8. The Morgan fingerprint density at radius 2 is 1.90 bits per heavy atom. The lowest BCUT2D eigenvalue weighted by Gasteiger charge is -2.36. The van der Waals surface area contributed by atoms with Gasteiger partial charge < -0.3 is 14.7 Å². The van der Waals surface area contributed by atoms with Gasteiger partial charge in [-0.05, 0) is 119 Å². The number of hydrogen-bond acceptors (Lipinski definition) is 5. The van der Waals surface area contributed by atoms with Crippen LogP contribution in [-0.2, 0) is 6.42 Å². The third-order valence-electron chi connectivity index (χ3n) is 9.60. The van der Waals surface area contributed by atoms with Crippen molar-refractivity contribution in [3.8, 4) is 0 Å². The molecule has 0 bridgehead atoms. The van der Waals surface area contributed by atoms with Crippen molar-refractivity contribution in [2.24, 2.45) is 5.92 Å². The van der Waals surface area contributed by atoms with Gasteiger partial charge in [0.25, 0.3) is 0 Å². The van der Waals surface area contributed by atoms with Crippen LogP contribution < -0.4 is 4.72 Å². The van der Waals surface area contributed by atoms with E-state index in [9.17, 15) is 0 Å². The third kappa shape index (κ3) is 9.71. The Hall–Kier alpha value is -2.11. The molecule has 0 aliphatic carbocycles. The minimum absolute atomic E-state index is 0.508. The van der Waals surface area contributed by atoms with Gasteiger partial charge in [0, 0.05) is 63.1 Å². The average Bonchev–Trinajstić information content (AvgIpc) is 3.45. The zero-order valence-electron chi connectivity index (χ0n) is 27.7. The zero-order chi connectivity index (χ0) is 30.5. The van der Waals surface area contributed by atoms with Crippen molar-refractivity contribution in [1.29, 1.82) is 0 Å². The molecular formula is C37H60N4S. The molecule has 1 N–H and O–H groups in total. The summed E-state index contributed by atoms with van der Waals surface area (Å²) in [5.74, 6) is 1.34. The Kier molecular flexibility index (Phi) is 14.6. The molecule has 2 unspecified atom stereocenters. The summed E-state index contributed by atoms with van der Waals surface area (Å²) in [6.45, 7) is 21.2. The molecule has 2 atom stereocenters. The monoisotopic (exact) mass is 592 g/mol. The van der Waals surface area contributed by atoms with Gasteiger partial charge in [0.1, 0.15) is 0 Å². The number of benzene rings is 1. The molecule has 0 saturated carbocycles. The van der Waals surface area contributed by atoms with E-state index in [1.165, 1.54) is 73.3 Å². The summed E-state index contributed by atoms with van der Waals surface area (Å²) in [6.07, 6.45) is 22.1. The van der Waals surface area contributed by atoms with Gasteiger partial charge in [0.15, 0.2) is 0 Å². The van der Waals surface area contributed by atoms with Gasteiger partial charge in [-0.25, -0.2) is 0 Å². The summed E-state index contributed by atoms with van der Waals surface area (Å²) in [5.41, 5.74) is 8.64. The highest BCUT2D eigenvalue weighted by atomic mass is 32.1. The highest BCUT2D eigenvalue weighted by Crippen LogP contribution is 2.38. The molecule has 2 heterocycles. The van der Waals surface area contributed by atoms with E-state index in [2.05, 4.69) is 123 Å². The Labute approximate surface area is 264 Å². The lowest BCUT2D eigenvalue weighted by atomic mass is 9.80. The Morgan fingerprint density at radius 1 is 1.19 bits per heavy atom. The van der Waals surface area contributed by atoms with Crippen molar-refractivity contribution < 1.29 is 0 Å². The predicted octanol–water partition coefficient (Wildman–Crippen LogP) is 8.56. The molecular weight excluding hydrogens is 533 g/mol. The van der Waals surface area contributed by atoms with Gasteiger partial charge in [0.2, 0.25) is 0 Å². The lowest BCUT2D eigenvalue weighted by molar-refractivity contribution is 0.211. The second-order valence-electron chi connectivity index (χ2n) is 12.6. The van der Waals surface area contributed by atoms with E-state index in [0.717, 1.165) is 51.2 Å². The van der Waals surface area contributed by atoms with E-state index >= 15 is 0 Å². The van der Waals surface area contributed by atoms with Gasteiger partial charge in [-0.3, -0.25) is 4.72 Å². The van der Waals surface area contributed by atoms with E-state index in [1.54, 1.807) is 5.56 Å². The molecule has 1 saturated heterocycles. The van der Waals surface area contributed by atoms with Crippen LogP contribution in [-0.4, -0.2) is 60.5 Å². The van der Waals surface area contributed by atoms with E-state index in [4.69, 9.17) is 0 Å². The Morgan fingerprint density at radius 3 is 2.52 bits per heavy atom. The van der Waals surface area contributed by atoms with E-state index in [0.29, 0.717) is 12.0 Å². The predicted molar refractivity (Wildman–Crippen MR) is 187 cm³/mol. The van der Waals surface area contributed by atoms with E-state index in [-0.39, 0.29) is 0 Å². The van der Waals surface area contributed by atoms with Crippen LogP contribution in [0.1, 0.15) is 100 Å². The summed E-state index contributed by atoms with van der Waals surface area (Å²) < 4.78 is 3.05. The first-order valence-electron chi connectivity index (χ1n) is 16.7. The number of hydrogen-bond donors (Lipinski definition) is 2. The fourth-order valence-electron chi connectivity index (χ4n) is 7.19. The standard InChI is InChI=1S/C37H60N4S/c1-8-13-34(14-9-2)40-24-19-33(20-25-40)18-23-39(7)31(6)15-11-16-35(36-17-12-22-41(36)26-21-38-42)37-29(4)27-32(10-3)28-30(37)5/h8,12-14,22,27-28,33,35-36,38,42H,6,9-11,15-21,23-26H2,1-5,7H3/b13-8-,34-14+. The summed E-state index contributed by atoms with van der Waals surface area (Å²) >= 11 is 4.25. The molecule has 42 heavy (non-hydrogen) atoms. The molecule has 1 fully saturated rings. The number of likely N-dealkylation sites (tertiary alicyclic amines) is 1. The van der Waals surface area contributed by atoms with Crippen LogP contribution in [0.25, 0.3) is 0 Å². The largest absolute Gasteiger partial charge is 0.378 e. The first-order chi connectivity index (χ1) is 20.3. The maximum Gasteiger partial charge on any atom is 0.0388 e. The van der Waals surface area contributed by atoms with Crippen LogP contribution in [0.5, 0.6) is 0 Å². The van der Waals surface area contributed by atoms with Crippen LogP contribution in [0.4, 0.5) is 0 Å². The average molecular weight is 593 g/mol. The van der Waals surface area contributed by atoms with Crippen molar-refractivity contribution in [3.05, 3.63) is 82.9 Å². The summed E-state index contributed by atoms with van der Waals surface area (Å²) in [6, 6.07) is 5.36. The Bertz CT molecular complexity index is 1040. The van der Waals surface area contributed by atoms with E-state index in [1.807, 2.05) is 0 Å². The number of nitrogens with one attached hydrogen (secondary N) is 1. The fraction of sp³-hybridized carbons (Fsp3) is 0.622. The molecule has 2 aliphatic rings. The van der Waals surface area contributed by atoms with Crippen LogP contribution in [0.2, 0.25) is 0 Å². The number of nitrogens with zero attached hydrogens (tertiary/aromatic N) is 3. The summed E-state index contributed by atoms with van der Waals surface area (Å²) in [7, 11) is 2.26. The van der Waals surface area contributed by atoms with Crippen molar-refractivity contribution in [2.75, 3.05) is 39.8 Å². The quantitative estimate of drug-likeness (QED) is 0.140. The highest BCUT2D eigenvalue weighted by molar-refractivity contribution is 7.78. The molecule has 0 spiro atoms. The molecule has 0 aromatic heterocycles.